The zero-order valence-electron chi connectivity index (χ0n) is 28.6. The number of aliphatic hydroxyl groups is 1. The number of ether oxygens (including phenoxy) is 2. The molecule has 1 fully saturated rings. The molecule has 0 saturated heterocycles. The summed E-state index contributed by atoms with van der Waals surface area (Å²) in [6.07, 6.45) is 4.29. The van der Waals surface area contributed by atoms with E-state index in [2.05, 4.69) is 10.6 Å². The molecule has 3 N–H and O–H groups in total. The van der Waals surface area contributed by atoms with Crippen LogP contribution in [0.5, 0.6) is 5.75 Å². The first-order valence-corrected chi connectivity index (χ1v) is 19.6. The fraction of sp³-hybridized carbons (Fsp3) is 0.571. The number of aliphatic hydroxyl groups excluding tert-OH is 1. The lowest BCUT2D eigenvalue weighted by Gasteiger charge is -2.32. The second-order valence-corrected chi connectivity index (χ2v) is 15.5. The molecule has 0 radical (unpaired) electrons. The highest BCUT2D eigenvalue weighted by Gasteiger charge is 2.42. The van der Waals surface area contributed by atoms with Gasteiger partial charge in [-0.2, -0.15) is 0 Å². The fourth-order valence-corrected chi connectivity index (χ4v) is 8.48. The van der Waals surface area contributed by atoms with E-state index in [4.69, 9.17) is 41.7 Å². The average Bonchev–Trinajstić information content (AvgIpc) is 3.31. The van der Waals surface area contributed by atoms with Crippen LogP contribution in [0.4, 0.5) is 4.79 Å². The molecule has 2 aliphatic rings. The van der Waals surface area contributed by atoms with Crippen LogP contribution in [-0.4, -0.2) is 72.2 Å². The number of hydrogen-bond donors (Lipinski definition) is 3. The molecule has 1 heterocycles. The summed E-state index contributed by atoms with van der Waals surface area (Å²) in [6, 6.07) is 9.87. The topological polar surface area (TPSA) is 153 Å². The monoisotopic (exact) mass is 755 g/mol. The Labute approximate surface area is 304 Å². The first kappa shape index (κ1) is 39.9. The van der Waals surface area contributed by atoms with Crippen LogP contribution in [0.3, 0.4) is 0 Å². The summed E-state index contributed by atoms with van der Waals surface area (Å²) in [7, 11) is -4.15. The van der Waals surface area contributed by atoms with Gasteiger partial charge in [-0.25, -0.2) is 4.79 Å². The van der Waals surface area contributed by atoms with Gasteiger partial charge in [-0.1, -0.05) is 67.4 Å². The molecule has 1 saturated carbocycles. The molecule has 0 aromatic heterocycles. The van der Waals surface area contributed by atoms with Crippen LogP contribution >= 0.6 is 30.8 Å². The number of rotatable bonds is 16. The molecule has 0 bridgehead atoms. The Hall–Kier alpha value is -2.86. The number of benzene rings is 2. The van der Waals surface area contributed by atoms with Gasteiger partial charge in [0.05, 0.1) is 25.8 Å². The van der Waals surface area contributed by atoms with Gasteiger partial charge in [0.1, 0.15) is 25.0 Å². The molecule has 2 aromatic carbocycles. The van der Waals surface area contributed by atoms with Gasteiger partial charge in [0.25, 0.3) is 0 Å². The summed E-state index contributed by atoms with van der Waals surface area (Å²) in [4.78, 5) is 42.1. The largest absolute Gasteiger partial charge is 0.491 e. The molecule has 4 rings (SSSR count). The van der Waals surface area contributed by atoms with Crippen molar-refractivity contribution < 1.29 is 42.6 Å². The van der Waals surface area contributed by atoms with Crippen molar-refractivity contribution in [2.45, 2.75) is 96.3 Å². The number of amides is 3. The van der Waals surface area contributed by atoms with Gasteiger partial charge in [0.2, 0.25) is 11.8 Å². The number of hydrogen-bond acceptors (Lipinski definition) is 9. The first-order chi connectivity index (χ1) is 24.0. The maximum atomic E-state index is 14.0. The van der Waals surface area contributed by atoms with Crippen LogP contribution in [0.2, 0.25) is 10.0 Å². The Morgan fingerprint density at radius 2 is 1.74 bits per heavy atom. The van der Waals surface area contributed by atoms with Gasteiger partial charge < -0.3 is 39.2 Å². The first-order valence-electron chi connectivity index (χ1n) is 17.2. The van der Waals surface area contributed by atoms with E-state index in [0.29, 0.717) is 34.3 Å². The third-order valence-corrected chi connectivity index (χ3v) is 11.5. The number of nitrogens with zero attached hydrogens (tertiary/aromatic N) is 1. The average molecular weight is 757 g/mol. The zero-order valence-corrected chi connectivity index (χ0v) is 31.0. The van der Waals surface area contributed by atoms with Gasteiger partial charge >= 0.3 is 13.7 Å². The van der Waals surface area contributed by atoms with E-state index in [1.807, 2.05) is 0 Å². The van der Waals surface area contributed by atoms with Crippen molar-refractivity contribution in [1.29, 1.82) is 0 Å². The van der Waals surface area contributed by atoms with Crippen molar-refractivity contribution in [2.75, 3.05) is 26.4 Å². The lowest BCUT2D eigenvalue weighted by Crippen LogP contribution is -2.53. The second kappa shape index (κ2) is 19.7. The Kier molecular flexibility index (Phi) is 15.7. The van der Waals surface area contributed by atoms with Crippen LogP contribution in [0.25, 0.3) is 0 Å². The molecule has 15 heteroatoms. The van der Waals surface area contributed by atoms with Crippen molar-refractivity contribution >= 4 is 48.7 Å². The molecule has 3 atom stereocenters. The van der Waals surface area contributed by atoms with Crippen LogP contribution < -0.4 is 15.4 Å². The van der Waals surface area contributed by atoms with Crippen molar-refractivity contribution in [3.63, 3.8) is 0 Å². The molecule has 1 aliphatic heterocycles. The minimum Gasteiger partial charge on any atom is -0.491 e. The molecule has 50 heavy (non-hydrogen) atoms. The molecule has 1 aliphatic carbocycles. The van der Waals surface area contributed by atoms with E-state index < -0.39 is 37.5 Å². The lowest BCUT2D eigenvalue weighted by atomic mass is 9.84. The summed E-state index contributed by atoms with van der Waals surface area (Å²) in [5.41, 5.74) is 1.43. The van der Waals surface area contributed by atoms with Crippen LogP contribution in [-0.2, 0) is 41.1 Å². The molecule has 276 valence electrons. The Morgan fingerprint density at radius 3 is 2.44 bits per heavy atom. The van der Waals surface area contributed by atoms with Gasteiger partial charge in [0.15, 0.2) is 5.85 Å². The van der Waals surface area contributed by atoms with E-state index in [9.17, 15) is 24.1 Å². The number of halogens is 2. The van der Waals surface area contributed by atoms with Gasteiger partial charge in [-0.3, -0.25) is 14.2 Å². The highest BCUT2D eigenvalue weighted by atomic mass is 35.5. The molecule has 0 spiro atoms. The number of nitrogens with one attached hydrogen (secondary N) is 2. The summed E-state index contributed by atoms with van der Waals surface area (Å²) >= 11 is 12.3. The highest BCUT2D eigenvalue weighted by Crippen LogP contribution is 2.53. The minimum atomic E-state index is -4.15. The van der Waals surface area contributed by atoms with Crippen molar-refractivity contribution in [3.8, 4) is 5.75 Å². The van der Waals surface area contributed by atoms with Crippen LogP contribution in [0.1, 0.15) is 76.3 Å². The third kappa shape index (κ3) is 11.9. The van der Waals surface area contributed by atoms with Gasteiger partial charge in [-0.05, 0) is 68.5 Å². The number of carbonyl (C=O) groups excluding carboxylic acids is 3. The molecular weight excluding hydrogens is 708 g/mol. The smallest absolute Gasteiger partial charge is 0.408 e. The second-order valence-electron chi connectivity index (χ2n) is 12.5. The standard InChI is InChI=1S/C35H48Cl2N3O9P/c1-3-48-50(45,49-4-2)34(43)29(14-16-32(41)40-17-18-46-31-15-13-28(37)21-26(31)22-40)38-33(42)30(20-24-9-6-5-7-10-24)39-35(44)47-23-25-11-8-12-27(36)19-25/h8,11-13,15,19,21,24,29-30,34,43H,3-7,9-10,14,16-18,20,22-23H2,1-2H3,(H,38,42)(H,39,44)/t29-,30-,34?/m0/s1. The minimum absolute atomic E-state index is 0.0198. The molecule has 3 amide bonds. The third-order valence-electron chi connectivity index (χ3n) is 8.82. The predicted molar refractivity (Wildman–Crippen MR) is 190 cm³/mol. The fourth-order valence-electron chi connectivity index (χ4n) is 6.31. The van der Waals surface area contributed by atoms with Gasteiger partial charge in [0, 0.05) is 28.6 Å². The summed E-state index contributed by atoms with van der Waals surface area (Å²) in [5, 5.41) is 18.0. The highest BCUT2D eigenvalue weighted by molar-refractivity contribution is 7.54. The number of carbonyl (C=O) groups is 3. The predicted octanol–water partition coefficient (Wildman–Crippen LogP) is 6.83. The van der Waals surface area contributed by atoms with Crippen molar-refractivity contribution in [3.05, 3.63) is 63.6 Å². The number of fused-ring (bicyclic) bond motifs is 1. The summed E-state index contributed by atoms with van der Waals surface area (Å²) < 4.78 is 35.8. The SMILES string of the molecule is CCOP(=O)(OCC)C(O)[C@H](CCC(=O)N1CCOc2ccc(Cl)cc2C1)NC(=O)[C@H](CC1CCCCC1)NC(=O)OCc1cccc(Cl)c1. The van der Waals surface area contributed by atoms with E-state index in [1.54, 1.807) is 61.2 Å². The zero-order chi connectivity index (χ0) is 36.1. The molecule has 12 nitrogen and oxygen atoms in total. The Bertz CT molecular complexity index is 1480. The quantitative estimate of drug-likeness (QED) is 0.157. The normalized spacial score (nSPS) is 17.0. The Balaban J connectivity index is 1.51. The van der Waals surface area contributed by atoms with E-state index >= 15 is 0 Å². The molecule has 1 unspecified atom stereocenters. The van der Waals surface area contributed by atoms with E-state index in [-0.39, 0.29) is 57.6 Å². The van der Waals surface area contributed by atoms with Crippen LogP contribution in [0.15, 0.2) is 42.5 Å². The lowest BCUT2D eigenvalue weighted by molar-refractivity contribution is -0.133. The molecular formula is C35H48Cl2N3O9P. The van der Waals surface area contributed by atoms with Gasteiger partial charge in [-0.15, -0.1) is 0 Å². The summed E-state index contributed by atoms with van der Waals surface area (Å²) in [6.45, 7) is 3.97. The molecule has 2 aromatic rings. The van der Waals surface area contributed by atoms with E-state index in [1.165, 1.54) is 0 Å². The van der Waals surface area contributed by atoms with E-state index in [0.717, 1.165) is 37.7 Å². The summed E-state index contributed by atoms with van der Waals surface area (Å²) in [5.74, 6) is -1.86. The maximum Gasteiger partial charge on any atom is 0.408 e. The Morgan fingerprint density at radius 1 is 1.02 bits per heavy atom. The van der Waals surface area contributed by atoms with Crippen molar-refractivity contribution in [2.24, 2.45) is 5.92 Å². The number of alkyl carbamates (subject to hydrolysis) is 1. The van der Waals surface area contributed by atoms with Crippen LogP contribution in [0, 0.1) is 5.92 Å². The maximum absolute atomic E-state index is 14.0. The van der Waals surface area contributed by atoms with Crippen molar-refractivity contribution in [1.82, 2.24) is 15.5 Å².